The lowest BCUT2D eigenvalue weighted by Crippen LogP contribution is -2.54. The van der Waals surface area contributed by atoms with Gasteiger partial charge in [-0.3, -0.25) is 9.59 Å². The van der Waals surface area contributed by atoms with E-state index in [-0.39, 0.29) is 5.41 Å². The van der Waals surface area contributed by atoms with Crippen molar-refractivity contribution in [1.82, 2.24) is 0 Å². The van der Waals surface area contributed by atoms with E-state index in [1.165, 1.54) is 19.3 Å². The van der Waals surface area contributed by atoms with Crippen molar-refractivity contribution >= 4 is 11.6 Å². The molecule has 0 spiro atoms. The second-order valence-electron chi connectivity index (χ2n) is 9.31. The molecule has 4 aliphatic rings. The van der Waals surface area contributed by atoms with Crippen molar-refractivity contribution in [3.8, 4) is 0 Å². The Kier molecular flexibility index (Phi) is 3.74. The van der Waals surface area contributed by atoms with Crippen molar-refractivity contribution in [2.24, 2.45) is 34.5 Å². The number of carbonyl (C=O) groups excluding carboxylic acids is 2. The Labute approximate surface area is 140 Å². The molecule has 0 aliphatic heterocycles. The van der Waals surface area contributed by atoms with E-state index in [0.29, 0.717) is 28.8 Å². The van der Waals surface area contributed by atoms with Gasteiger partial charge in [0, 0.05) is 24.7 Å². The van der Waals surface area contributed by atoms with Gasteiger partial charge in [-0.2, -0.15) is 0 Å². The largest absolute Gasteiger partial charge is 0.300 e. The Morgan fingerprint density at radius 1 is 1.00 bits per heavy atom. The summed E-state index contributed by atoms with van der Waals surface area (Å²) in [4.78, 5) is 24.7. The summed E-state index contributed by atoms with van der Waals surface area (Å²) in [6.45, 7) is 4.74. The summed E-state index contributed by atoms with van der Waals surface area (Å²) in [6.07, 6.45) is 11.9. The van der Waals surface area contributed by atoms with Crippen LogP contribution < -0.4 is 0 Å². The first-order chi connectivity index (χ1) is 11.0. The molecule has 0 heterocycles. The highest BCUT2D eigenvalue weighted by atomic mass is 16.1. The summed E-state index contributed by atoms with van der Waals surface area (Å²) in [5.74, 6) is 3.91. The fourth-order valence-electron chi connectivity index (χ4n) is 7.53. The average molecular weight is 316 g/mol. The number of Topliss-reactive ketones (excluding diaryl/α,β-unsaturated/α-hetero) is 2. The van der Waals surface area contributed by atoms with E-state index >= 15 is 0 Å². The fourth-order valence-corrected chi connectivity index (χ4v) is 7.53. The van der Waals surface area contributed by atoms with Gasteiger partial charge in [0.1, 0.15) is 11.6 Å². The Balaban J connectivity index is 1.64. The number of carbonyl (C=O) groups is 2. The van der Waals surface area contributed by atoms with Crippen molar-refractivity contribution < 1.29 is 9.59 Å². The molecule has 0 bridgehead atoms. The van der Waals surface area contributed by atoms with Crippen LogP contribution in [0, 0.1) is 34.5 Å². The molecule has 4 fully saturated rings. The Bertz CT molecular complexity index is 524. The Hall–Kier alpha value is -0.660. The van der Waals surface area contributed by atoms with Crippen molar-refractivity contribution in [2.45, 2.75) is 84.5 Å². The lowest BCUT2D eigenvalue weighted by molar-refractivity contribution is -0.146. The lowest BCUT2D eigenvalue weighted by Gasteiger charge is -2.59. The lowest BCUT2D eigenvalue weighted by atomic mass is 9.44. The van der Waals surface area contributed by atoms with E-state index in [4.69, 9.17) is 0 Å². The third-order valence-electron chi connectivity index (χ3n) is 8.62. The zero-order valence-corrected chi connectivity index (χ0v) is 14.9. The maximum atomic E-state index is 12.8. The number of hydrogen-bond donors (Lipinski definition) is 0. The normalized spacial score (nSPS) is 49.5. The summed E-state index contributed by atoms with van der Waals surface area (Å²) in [6, 6.07) is 0. The maximum Gasteiger partial charge on any atom is 0.139 e. The van der Waals surface area contributed by atoms with Crippen LogP contribution in [-0.2, 0) is 9.59 Å². The zero-order valence-electron chi connectivity index (χ0n) is 14.9. The van der Waals surface area contributed by atoms with Gasteiger partial charge in [-0.25, -0.2) is 0 Å². The molecular formula is C21H32O2. The molecule has 0 aromatic carbocycles. The average Bonchev–Trinajstić information content (AvgIpc) is 2.86. The SMILES string of the molecule is CCC[C@]12CC[C@H]3[C@@H](CC[C@H]4CC(=O)CC[C@@]43C)[C@@H]1CCC2=O. The van der Waals surface area contributed by atoms with Gasteiger partial charge in [0.05, 0.1) is 0 Å². The van der Waals surface area contributed by atoms with Crippen LogP contribution >= 0.6 is 0 Å². The first-order valence-corrected chi connectivity index (χ1v) is 10.1. The number of rotatable bonds is 2. The summed E-state index contributed by atoms with van der Waals surface area (Å²) in [5, 5.41) is 0. The molecule has 0 saturated heterocycles. The van der Waals surface area contributed by atoms with Gasteiger partial charge in [0.15, 0.2) is 0 Å². The second-order valence-corrected chi connectivity index (χ2v) is 9.31. The molecule has 0 unspecified atom stereocenters. The minimum Gasteiger partial charge on any atom is -0.300 e. The van der Waals surface area contributed by atoms with Crippen molar-refractivity contribution in [3.63, 3.8) is 0 Å². The smallest absolute Gasteiger partial charge is 0.139 e. The molecule has 0 aromatic heterocycles. The zero-order chi connectivity index (χ0) is 16.2. The van der Waals surface area contributed by atoms with Gasteiger partial charge in [0.25, 0.3) is 0 Å². The minimum absolute atomic E-state index is 0.0452. The number of fused-ring (bicyclic) bond motifs is 5. The fraction of sp³-hybridized carbons (Fsp3) is 0.905. The summed E-state index contributed by atoms with van der Waals surface area (Å²) >= 11 is 0. The molecule has 128 valence electrons. The first kappa shape index (κ1) is 15.8. The summed E-state index contributed by atoms with van der Waals surface area (Å²) < 4.78 is 0. The van der Waals surface area contributed by atoms with Gasteiger partial charge in [-0.15, -0.1) is 0 Å². The predicted octanol–water partition coefficient (Wildman–Crippen LogP) is 4.95. The quantitative estimate of drug-likeness (QED) is 0.722. The molecule has 0 N–H and O–H groups in total. The highest BCUT2D eigenvalue weighted by Crippen LogP contribution is 2.66. The van der Waals surface area contributed by atoms with Crippen LogP contribution in [-0.4, -0.2) is 11.6 Å². The van der Waals surface area contributed by atoms with Crippen LogP contribution in [0.3, 0.4) is 0 Å². The molecule has 0 radical (unpaired) electrons. The molecule has 2 nitrogen and oxygen atoms in total. The predicted molar refractivity (Wildman–Crippen MR) is 91.0 cm³/mol. The second kappa shape index (κ2) is 5.43. The van der Waals surface area contributed by atoms with Crippen LogP contribution in [0.2, 0.25) is 0 Å². The number of hydrogen-bond acceptors (Lipinski definition) is 2. The van der Waals surface area contributed by atoms with Gasteiger partial charge >= 0.3 is 0 Å². The first-order valence-electron chi connectivity index (χ1n) is 10.1. The van der Waals surface area contributed by atoms with E-state index in [2.05, 4.69) is 13.8 Å². The third kappa shape index (κ3) is 2.12. The molecule has 4 rings (SSSR count). The molecule has 0 amide bonds. The van der Waals surface area contributed by atoms with E-state index in [0.717, 1.165) is 63.2 Å². The molecule has 23 heavy (non-hydrogen) atoms. The monoisotopic (exact) mass is 316 g/mol. The molecule has 4 saturated carbocycles. The molecule has 2 heteroatoms. The highest BCUT2D eigenvalue weighted by Gasteiger charge is 2.61. The van der Waals surface area contributed by atoms with Crippen LogP contribution in [0.25, 0.3) is 0 Å². The Morgan fingerprint density at radius 3 is 2.61 bits per heavy atom. The molecule has 6 atom stereocenters. The molecular weight excluding hydrogens is 284 g/mol. The van der Waals surface area contributed by atoms with Gasteiger partial charge < -0.3 is 0 Å². The van der Waals surface area contributed by atoms with Crippen molar-refractivity contribution in [1.29, 1.82) is 0 Å². The van der Waals surface area contributed by atoms with E-state index < -0.39 is 0 Å². The van der Waals surface area contributed by atoms with Crippen molar-refractivity contribution in [3.05, 3.63) is 0 Å². The summed E-state index contributed by atoms with van der Waals surface area (Å²) in [5.41, 5.74) is 0.421. The standard InChI is InChI=1S/C21H32O2/c1-3-10-21-12-9-17-16(18(21)6-7-19(21)23)5-4-14-13-15(22)8-11-20(14,17)2/h14,16-18H,3-13H2,1-2H3/t14-,16+,17-,18-,20-,21-/m0/s1. The van der Waals surface area contributed by atoms with E-state index in [1.807, 2.05) is 0 Å². The summed E-state index contributed by atoms with van der Waals surface area (Å²) in [7, 11) is 0. The molecule has 4 aliphatic carbocycles. The van der Waals surface area contributed by atoms with Crippen molar-refractivity contribution in [2.75, 3.05) is 0 Å². The Morgan fingerprint density at radius 2 is 1.83 bits per heavy atom. The van der Waals surface area contributed by atoms with Gasteiger partial charge in [0.2, 0.25) is 0 Å². The maximum absolute atomic E-state index is 12.8. The van der Waals surface area contributed by atoms with Gasteiger partial charge in [-0.05, 0) is 74.0 Å². The highest BCUT2D eigenvalue weighted by molar-refractivity contribution is 5.87. The number of ketones is 2. The van der Waals surface area contributed by atoms with E-state index in [9.17, 15) is 9.59 Å². The van der Waals surface area contributed by atoms with E-state index in [1.54, 1.807) is 0 Å². The van der Waals surface area contributed by atoms with Crippen LogP contribution in [0.4, 0.5) is 0 Å². The third-order valence-corrected chi connectivity index (χ3v) is 8.62. The minimum atomic E-state index is 0.0452. The molecule has 0 aromatic rings. The van der Waals surface area contributed by atoms with Gasteiger partial charge in [-0.1, -0.05) is 20.3 Å². The van der Waals surface area contributed by atoms with Crippen LogP contribution in [0.1, 0.15) is 84.5 Å². The van der Waals surface area contributed by atoms with Crippen LogP contribution in [0.15, 0.2) is 0 Å². The van der Waals surface area contributed by atoms with Crippen LogP contribution in [0.5, 0.6) is 0 Å². The topological polar surface area (TPSA) is 34.1 Å².